The van der Waals surface area contributed by atoms with Crippen LogP contribution in [-0.4, -0.2) is 47.6 Å². The summed E-state index contributed by atoms with van der Waals surface area (Å²) in [7, 11) is -7.65. The van der Waals surface area contributed by atoms with Crippen LogP contribution in [0.25, 0.3) is 0 Å². The summed E-state index contributed by atoms with van der Waals surface area (Å²) in [5, 5.41) is 0. The molecule has 2 aromatic carbocycles. The molecular formula is C19H26N2O4S2. The summed E-state index contributed by atoms with van der Waals surface area (Å²) in [5.41, 5.74) is 1.00. The number of nitrogens with one attached hydrogen (secondary N) is 1. The number of nitrogens with zero attached hydrogens (tertiary/aromatic N) is 1. The summed E-state index contributed by atoms with van der Waals surface area (Å²) in [6.45, 7) is 5.71. The average Bonchev–Trinajstić information content (AvgIpc) is 2.65. The van der Waals surface area contributed by atoms with Crippen LogP contribution < -0.4 is 4.72 Å². The lowest BCUT2D eigenvalue weighted by atomic mass is 10.1. The van der Waals surface area contributed by atoms with Gasteiger partial charge in [0.1, 0.15) is 4.90 Å². The van der Waals surface area contributed by atoms with Crippen molar-refractivity contribution < 1.29 is 16.8 Å². The van der Waals surface area contributed by atoms with Crippen molar-refractivity contribution in [2.24, 2.45) is 0 Å². The third-order valence-corrected chi connectivity index (χ3v) is 7.21. The van der Waals surface area contributed by atoms with Crippen LogP contribution >= 0.6 is 0 Å². The van der Waals surface area contributed by atoms with Crippen molar-refractivity contribution in [1.82, 2.24) is 9.62 Å². The van der Waals surface area contributed by atoms with E-state index in [0.717, 1.165) is 24.9 Å². The van der Waals surface area contributed by atoms with Gasteiger partial charge in [0.25, 0.3) is 0 Å². The molecule has 0 bridgehead atoms. The molecule has 0 aliphatic heterocycles. The molecule has 0 saturated heterocycles. The first-order chi connectivity index (χ1) is 12.7. The van der Waals surface area contributed by atoms with Crippen LogP contribution in [0.5, 0.6) is 0 Å². The SMILES string of the molecule is CCN(CC)C(CNS(=O)(=O)c1ccccc1S(C)(=O)=O)c1ccccc1. The molecule has 148 valence electrons. The third-order valence-electron chi connectivity index (χ3n) is 4.44. The molecule has 27 heavy (non-hydrogen) atoms. The van der Waals surface area contributed by atoms with E-state index < -0.39 is 19.9 Å². The Kier molecular flexibility index (Phi) is 7.16. The number of hydrogen-bond acceptors (Lipinski definition) is 5. The van der Waals surface area contributed by atoms with Gasteiger partial charge in [-0.1, -0.05) is 56.3 Å². The molecule has 2 rings (SSSR count). The Hall–Kier alpha value is -1.74. The second-order valence-electron chi connectivity index (χ2n) is 6.22. The lowest BCUT2D eigenvalue weighted by Gasteiger charge is -2.30. The van der Waals surface area contributed by atoms with Crippen LogP contribution in [0.4, 0.5) is 0 Å². The monoisotopic (exact) mass is 410 g/mol. The molecule has 1 atom stereocenters. The largest absolute Gasteiger partial charge is 0.296 e. The molecular weight excluding hydrogens is 384 g/mol. The minimum atomic E-state index is -3.98. The number of sulfonamides is 1. The van der Waals surface area contributed by atoms with Gasteiger partial charge >= 0.3 is 0 Å². The van der Waals surface area contributed by atoms with Gasteiger partial charge in [-0.15, -0.1) is 0 Å². The highest BCUT2D eigenvalue weighted by molar-refractivity contribution is 7.93. The fourth-order valence-electron chi connectivity index (χ4n) is 3.04. The number of rotatable bonds is 9. The molecule has 1 N–H and O–H groups in total. The predicted octanol–water partition coefficient (Wildman–Crippen LogP) is 2.45. The molecule has 1 unspecified atom stereocenters. The zero-order chi connectivity index (χ0) is 20.1. The van der Waals surface area contributed by atoms with E-state index >= 15 is 0 Å². The maximum absolute atomic E-state index is 12.8. The van der Waals surface area contributed by atoms with Crippen LogP contribution in [0.1, 0.15) is 25.5 Å². The van der Waals surface area contributed by atoms with Gasteiger partial charge in [0, 0.05) is 18.8 Å². The van der Waals surface area contributed by atoms with Gasteiger partial charge < -0.3 is 0 Å². The molecule has 0 spiro atoms. The fraction of sp³-hybridized carbons (Fsp3) is 0.368. The Morgan fingerprint density at radius 1 is 0.852 bits per heavy atom. The Balaban J connectivity index is 2.34. The zero-order valence-corrected chi connectivity index (χ0v) is 17.4. The Morgan fingerprint density at radius 3 is 1.89 bits per heavy atom. The summed E-state index contributed by atoms with van der Waals surface area (Å²) in [6, 6.07) is 15.2. The fourth-order valence-corrected chi connectivity index (χ4v) is 5.71. The molecule has 0 amide bonds. The quantitative estimate of drug-likeness (QED) is 0.687. The number of likely N-dealkylation sites (N-methyl/N-ethyl adjacent to an activating group) is 1. The maximum Gasteiger partial charge on any atom is 0.241 e. The number of hydrogen-bond donors (Lipinski definition) is 1. The molecule has 2 aromatic rings. The normalized spacial score (nSPS) is 13.6. The van der Waals surface area contributed by atoms with Crippen LogP contribution in [0.15, 0.2) is 64.4 Å². The standard InChI is InChI=1S/C19H26N2O4S2/c1-4-21(5-2)17(16-11-7-6-8-12-16)15-20-27(24,25)19-14-10-9-13-18(19)26(3,22)23/h6-14,17,20H,4-5,15H2,1-3H3. The summed E-state index contributed by atoms with van der Waals surface area (Å²) in [4.78, 5) is 1.73. The molecule has 0 aliphatic carbocycles. The van der Waals surface area contributed by atoms with E-state index in [2.05, 4.69) is 9.62 Å². The first-order valence-electron chi connectivity index (χ1n) is 8.78. The highest BCUT2D eigenvalue weighted by Gasteiger charge is 2.26. The van der Waals surface area contributed by atoms with E-state index in [4.69, 9.17) is 0 Å². The van der Waals surface area contributed by atoms with E-state index in [1.807, 2.05) is 44.2 Å². The van der Waals surface area contributed by atoms with E-state index in [-0.39, 0.29) is 22.4 Å². The molecule has 8 heteroatoms. The van der Waals surface area contributed by atoms with Crippen LogP contribution in [0, 0.1) is 0 Å². The van der Waals surface area contributed by atoms with Gasteiger partial charge in [-0.25, -0.2) is 21.6 Å². The topological polar surface area (TPSA) is 83.6 Å². The Labute approximate surface area is 162 Å². The molecule has 0 saturated carbocycles. The van der Waals surface area contributed by atoms with Crippen molar-refractivity contribution in [3.05, 3.63) is 60.2 Å². The minimum absolute atomic E-state index is 0.145. The van der Waals surface area contributed by atoms with Crippen molar-refractivity contribution in [2.75, 3.05) is 25.9 Å². The molecule has 0 heterocycles. The summed E-state index contributed by atoms with van der Waals surface area (Å²) in [6.07, 6.45) is 1.00. The van der Waals surface area contributed by atoms with Crippen LogP contribution in [0.2, 0.25) is 0 Å². The van der Waals surface area contributed by atoms with Crippen molar-refractivity contribution in [3.63, 3.8) is 0 Å². The van der Waals surface area contributed by atoms with Gasteiger partial charge in [-0.3, -0.25) is 4.90 Å². The second-order valence-corrected chi connectivity index (χ2v) is 9.94. The molecule has 0 fully saturated rings. The van der Waals surface area contributed by atoms with Gasteiger partial charge in [-0.05, 0) is 30.8 Å². The van der Waals surface area contributed by atoms with Crippen LogP contribution in [0.3, 0.4) is 0 Å². The predicted molar refractivity (Wildman–Crippen MR) is 107 cm³/mol. The van der Waals surface area contributed by atoms with Crippen molar-refractivity contribution in [3.8, 4) is 0 Å². The Morgan fingerprint density at radius 2 is 1.37 bits per heavy atom. The van der Waals surface area contributed by atoms with Crippen molar-refractivity contribution >= 4 is 19.9 Å². The third kappa shape index (κ3) is 5.38. The first kappa shape index (κ1) is 21.6. The minimum Gasteiger partial charge on any atom is -0.296 e. The highest BCUT2D eigenvalue weighted by atomic mass is 32.2. The molecule has 0 aliphatic rings. The van der Waals surface area contributed by atoms with E-state index in [1.165, 1.54) is 24.3 Å². The zero-order valence-electron chi connectivity index (χ0n) is 15.8. The molecule has 0 aromatic heterocycles. The van der Waals surface area contributed by atoms with Gasteiger partial charge in [0.15, 0.2) is 9.84 Å². The van der Waals surface area contributed by atoms with Gasteiger partial charge in [-0.2, -0.15) is 0 Å². The smallest absolute Gasteiger partial charge is 0.241 e. The summed E-state index contributed by atoms with van der Waals surface area (Å²) >= 11 is 0. The van der Waals surface area contributed by atoms with E-state index in [9.17, 15) is 16.8 Å². The number of benzene rings is 2. The first-order valence-corrected chi connectivity index (χ1v) is 12.2. The van der Waals surface area contributed by atoms with Crippen molar-refractivity contribution in [1.29, 1.82) is 0 Å². The molecule has 6 nitrogen and oxygen atoms in total. The van der Waals surface area contributed by atoms with Gasteiger partial charge in [0.2, 0.25) is 10.0 Å². The lowest BCUT2D eigenvalue weighted by molar-refractivity contribution is 0.220. The Bertz CT molecular complexity index is 954. The number of sulfone groups is 1. The van der Waals surface area contributed by atoms with E-state index in [0.29, 0.717) is 0 Å². The second kappa shape index (κ2) is 8.97. The highest BCUT2D eigenvalue weighted by Crippen LogP contribution is 2.23. The average molecular weight is 411 g/mol. The van der Waals surface area contributed by atoms with E-state index in [1.54, 1.807) is 0 Å². The summed E-state index contributed by atoms with van der Waals surface area (Å²) < 4.78 is 52.2. The van der Waals surface area contributed by atoms with Gasteiger partial charge in [0.05, 0.1) is 4.90 Å². The molecule has 0 radical (unpaired) electrons. The van der Waals surface area contributed by atoms with Crippen LogP contribution in [-0.2, 0) is 19.9 Å². The maximum atomic E-state index is 12.8. The summed E-state index contributed by atoms with van der Waals surface area (Å²) in [5.74, 6) is 0. The van der Waals surface area contributed by atoms with Crippen molar-refractivity contribution in [2.45, 2.75) is 29.7 Å². The lowest BCUT2D eigenvalue weighted by Crippen LogP contribution is -2.38.